The molecule has 0 aliphatic carbocycles. The van der Waals surface area contributed by atoms with Crippen LogP contribution < -0.4 is 0 Å². The van der Waals surface area contributed by atoms with Gasteiger partial charge in [0.2, 0.25) is 5.76 Å². The molecule has 0 radical (unpaired) electrons. The number of likely N-dealkylation sites (N-methyl/N-ethyl adjacent to an activating group) is 1. The van der Waals surface area contributed by atoms with E-state index in [2.05, 4.69) is 5.16 Å². The second kappa shape index (κ2) is 6.59. The number of rotatable bonds is 4. The minimum absolute atomic E-state index is 0.239. The van der Waals surface area contributed by atoms with Gasteiger partial charge in [0.05, 0.1) is 6.54 Å². The van der Waals surface area contributed by atoms with Crippen molar-refractivity contribution in [2.24, 2.45) is 0 Å². The minimum Gasteiger partial charge on any atom is -0.382 e. The highest BCUT2D eigenvalue weighted by molar-refractivity contribution is 6.30. The molecule has 9 heteroatoms. The average Bonchev–Trinajstić information content (AvgIpc) is 2.95. The third kappa shape index (κ3) is 4.23. The largest absolute Gasteiger partial charge is 0.416 e. The Kier molecular flexibility index (Phi) is 4.96. The standard InChI is InChI=1S/C14H12ClF3N2O3/c1-20(7-12(21)14(16,17)18)13(22)11-6-10(19-23-11)8-3-2-4-9(15)5-8/h2-6,12,21H,7H2,1H3. The zero-order valence-corrected chi connectivity index (χ0v) is 12.6. The summed E-state index contributed by atoms with van der Waals surface area (Å²) in [6.45, 7) is -0.907. The number of aromatic nitrogens is 1. The highest BCUT2D eigenvalue weighted by Crippen LogP contribution is 2.24. The lowest BCUT2D eigenvalue weighted by Gasteiger charge is -2.21. The predicted octanol–water partition coefficient (Wildman–Crippen LogP) is 2.99. The highest BCUT2D eigenvalue weighted by atomic mass is 35.5. The Bertz CT molecular complexity index is 703. The van der Waals surface area contributed by atoms with E-state index in [9.17, 15) is 18.0 Å². The summed E-state index contributed by atoms with van der Waals surface area (Å²) >= 11 is 5.85. The third-order valence-corrected chi connectivity index (χ3v) is 3.25. The van der Waals surface area contributed by atoms with Crippen molar-refractivity contribution in [2.45, 2.75) is 12.3 Å². The molecule has 0 aliphatic rings. The SMILES string of the molecule is CN(CC(O)C(F)(F)F)C(=O)c1cc(-c2cccc(Cl)c2)no1. The van der Waals surface area contributed by atoms with Gasteiger partial charge in [-0.2, -0.15) is 13.2 Å². The molecule has 0 fully saturated rings. The lowest BCUT2D eigenvalue weighted by atomic mass is 10.1. The van der Waals surface area contributed by atoms with Gasteiger partial charge >= 0.3 is 6.18 Å². The summed E-state index contributed by atoms with van der Waals surface area (Å²) in [4.78, 5) is 12.7. The highest BCUT2D eigenvalue weighted by Gasteiger charge is 2.39. The van der Waals surface area contributed by atoms with Crippen LogP contribution in [-0.2, 0) is 0 Å². The molecule has 0 spiro atoms. The minimum atomic E-state index is -4.80. The van der Waals surface area contributed by atoms with Crippen molar-refractivity contribution < 1.29 is 27.6 Å². The van der Waals surface area contributed by atoms with Crippen LogP contribution in [0.3, 0.4) is 0 Å². The van der Waals surface area contributed by atoms with E-state index in [1.54, 1.807) is 24.3 Å². The van der Waals surface area contributed by atoms with E-state index in [4.69, 9.17) is 21.2 Å². The first kappa shape index (κ1) is 17.3. The molecular formula is C14H12ClF3N2O3. The van der Waals surface area contributed by atoms with Crippen molar-refractivity contribution in [3.8, 4) is 11.3 Å². The maximum absolute atomic E-state index is 12.3. The Morgan fingerprint density at radius 2 is 2.13 bits per heavy atom. The van der Waals surface area contributed by atoms with Gasteiger partial charge in [-0.3, -0.25) is 4.79 Å². The maximum Gasteiger partial charge on any atom is 0.416 e. The number of carbonyl (C=O) groups is 1. The Labute approximate surface area is 134 Å². The first-order valence-corrected chi connectivity index (χ1v) is 6.79. The second-order valence-corrected chi connectivity index (χ2v) is 5.27. The number of hydrogen-bond donors (Lipinski definition) is 1. The first-order valence-electron chi connectivity index (χ1n) is 6.41. The fraction of sp³-hybridized carbons (Fsp3) is 0.286. The topological polar surface area (TPSA) is 66.6 Å². The Hall–Kier alpha value is -2.06. The number of aliphatic hydroxyl groups is 1. The van der Waals surface area contributed by atoms with Crippen molar-refractivity contribution in [3.05, 3.63) is 41.1 Å². The van der Waals surface area contributed by atoms with Gasteiger partial charge in [0.1, 0.15) is 5.69 Å². The fourth-order valence-electron chi connectivity index (χ4n) is 1.79. The van der Waals surface area contributed by atoms with Crippen LogP contribution in [0, 0.1) is 0 Å². The number of alkyl halides is 3. The Morgan fingerprint density at radius 1 is 1.43 bits per heavy atom. The van der Waals surface area contributed by atoms with Crippen molar-refractivity contribution in [1.29, 1.82) is 0 Å². The molecule has 0 saturated heterocycles. The molecule has 1 amide bonds. The molecule has 1 unspecified atom stereocenters. The molecule has 1 atom stereocenters. The van der Waals surface area contributed by atoms with E-state index in [0.717, 1.165) is 7.05 Å². The smallest absolute Gasteiger partial charge is 0.382 e. The molecule has 124 valence electrons. The van der Waals surface area contributed by atoms with E-state index in [-0.39, 0.29) is 5.76 Å². The van der Waals surface area contributed by atoms with Crippen LogP contribution in [-0.4, -0.2) is 46.9 Å². The van der Waals surface area contributed by atoms with Crippen LogP contribution in [0.2, 0.25) is 5.02 Å². The van der Waals surface area contributed by atoms with Gasteiger partial charge < -0.3 is 14.5 Å². The molecule has 2 aromatic rings. The van der Waals surface area contributed by atoms with Crippen LogP contribution in [0.5, 0.6) is 0 Å². The molecule has 1 N–H and O–H groups in total. The number of hydrogen-bond acceptors (Lipinski definition) is 4. The van der Waals surface area contributed by atoms with Gasteiger partial charge in [-0.05, 0) is 12.1 Å². The van der Waals surface area contributed by atoms with Gasteiger partial charge in [0.25, 0.3) is 5.91 Å². The number of nitrogens with zero attached hydrogens (tertiary/aromatic N) is 2. The third-order valence-electron chi connectivity index (χ3n) is 3.01. The van der Waals surface area contributed by atoms with Crippen molar-refractivity contribution >= 4 is 17.5 Å². The van der Waals surface area contributed by atoms with Crippen LogP contribution in [0.15, 0.2) is 34.9 Å². The van der Waals surface area contributed by atoms with Crippen molar-refractivity contribution in [3.63, 3.8) is 0 Å². The summed E-state index contributed by atoms with van der Waals surface area (Å²) in [7, 11) is 1.12. The van der Waals surface area contributed by atoms with E-state index < -0.39 is 24.7 Å². The molecule has 1 aromatic heterocycles. The lowest BCUT2D eigenvalue weighted by Crippen LogP contribution is -2.41. The van der Waals surface area contributed by atoms with Gasteiger partial charge in [-0.15, -0.1) is 0 Å². The van der Waals surface area contributed by atoms with Crippen LogP contribution in [0.4, 0.5) is 13.2 Å². The zero-order valence-electron chi connectivity index (χ0n) is 11.8. The summed E-state index contributed by atoms with van der Waals surface area (Å²) in [5.74, 6) is -1.06. The van der Waals surface area contributed by atoms with Crippen LogP contribution >= 0.6 is 11.6 Å². The van der Waals surface area contributed by atoms with E-state index in [0.29, 0.717) is 21.2 Å². The van der Waals surface area contributed by atoms with Crippen molar-refractivity contribution in [2.75, 3.05) is 13.6 Å². The molecule has 0 bridgehead atoms. The number of carbonyl (C=O) groups excluding carboxylic acids is 1. The quantitative estimate of drug-likeness (QED) is 0.922. The van der Waals surface area contributed by atoms with E-state index in [1.165, 1.54) is 6.07 Å². The molecule has 5 nitrogen and oxygen atoms in total. The molecule has 1 aromatic carbocycles. The number of aliphatic hydroxyl groups excluding tert-OH is 1. The number of amides is 1. The predicted molar refractivity (Wildman–Crippen MR) is 76.0 cm³/mol. The lowest BCUT2D eigenvalue weighted by molar-refractivity contribution is -0.205. The number of benzene rings is 1. The summed E-state index contributed by atoms with van der Waals surface area (Å²) in [5.41, 5.74) is 0.916. The molecule has 23 heavy (non-hydrogen) atoms. The van der Waals surface area contributed by atoms with Gasteiger partial charge in [-0.1, -0.05) is 28.9 Å². The van der Waals surface area contributed by atoms with Crippen LogP contribution in [0.25, 0.3) is 11.3 Å². The molecule has 1 heterocycles. The Morgan fingerprint density at radius 3 is 2.74 bits per heavy atom. The summed E-state index contributed by atoms with van der Waals surface area (Å²) < 4.78 is 41.8. The number of halogens is 4. The van der Waals surface area contributed by atoms with Gasteiger partial charge in [0.15, 0.2) is 6.10 Å². The Balaban J connectivity index is 2.12. The maximum atomic E-state index is 12.3. The molecule has 2 rings (SSSR count). The summed E-state index contributed by atoms with van der Waals surface area (Å²) in [6, 6.07) is 7.92. The second-order valence-electron chi connectivity index (χ2n) is 4.83. The fourth-order valence-corrected chi connectivity index (χ4v) is 1.98. The van der Waals surface area contributed by atoms with E-state index in [1.807, 2.05) is 0 Å². The zero-order chi connectivity index (χ0) is 17.2. The average molecular weight is 349 g/mol. The summed E-state index contributed by atoms with van der Waals surface area (Å²) in [6.07, 6.45) is -7.44. The molecular weight excluding hydrogens is 337 g/mol. The van der Waals surface area contributed by atoms with Gasteiger partial charge in [0, 0.05) is 23.7 Å². The van der Waals surface area contributed by atoms with Crippen LogP contribution in [0.1, 0.15) is 10.6 Å². The van der Waals surface area contributed by atoms with Crippen molar-refractivity contribution in [1.82, 2.24) is 10.1 Å². The monoisotopic (exact) mass is 348 g/mol. The molecule has 0 aliphatic heterocycles. The summed E-state index contributed by atoms with van der Waals surface area (Å²) in [5, 5.41) is 13.1. The first-order chi connectivity index (χ1) is 10.7. The van der Waals surface area contributed by atoms with Gasteiger partial charge in [-0.25, -0.2) is 0 Å². The molecule has 0 saturated carbocycles. The normalized spacial score (nSPS) is 13.0. The van der Waals surface area contributed by atoms with E-state index >= 15 is 0 Å².